The molecule has 0 saturated carbocycles. The van der Waals surface area contributed by atoms with Gasteiger partial charge in [-0.15, -0.1) is 0 Å². The molecule has 2 atom stereocenters. The molecule has 4 N–H and O–H groups in total. The molecule has 0 radical (unpaired) electrons. The van der Waals surface area contributed by atoms with E-state index in [2.05, 4.69) is 0 Å². The molecule has 1 heterocycles. The highest BCUT2D eigenvalue weighted by atomic mass is 16.3. The van der Waals surface area contributed by atoms with Gasteiger partial charge in [0.2, 0.25) is 5.91 Å². The third-order valence-electron chi connectivity index (χ3n) is 3.69. The van der Waals surface area contributed by atoms with Crippen LogP contribution in [0.3, 0.4) is 0 Å². The van der Waals surface area contributed by atoms with E-state index < -0.39 is 5.91 Å². The first-order valence-corrected chi connectivity index (χ1v) is 6.51. The zero-order chi connectivity index (χ0) is 14.9. The number of carbonyl (C=O) groups is 2. The minimum atomic E-state index is -0.409. The topological polar surface area (TPSA) is 104 Å². The van der Waals surface area contributed by atoms with Crippen LogP contribution >= 0.6 is 0 Å². The molecule has 2 amide bonds. The molecular weight excluding hydrogens is 260 g/mol. The smallest absolute Gasteiger partial charge is 0.254 e. The summed E-state index contributed by atoms with van der Waals surface area (Å²) in [6.07, 6.45) is 1.37. The molecular formula is C14H18N2O4. The summed E-state index contributed by atoms with van der Waals surface area (Å²) in [6.45, 7) is 2.17. The lowest BCUT2D eigenvalue weighted by atomic mass is 9.92. The van der Waals surface area contributed by atoms with E-state index in [1.807, 2.05) is 6.92 Å². The van der Waals surface area contributed by atoms with Crippen molar-refractivity contribution in [3.05, 3.63) is 23.8 Å². The maximum Gasteiger partial charge on any atom is 0.254 e. The molecule has 0 aliphatic carbocycles. The van der Waals surface area contributed by atoms with Gasteiger partial charge in [0.05, 0.1) is 5.92 Å². The number of carbonyl (C=O) groups excluding carboxylic acids is 2. The number of primary amides is 1. The predicted octanol–water partition coefficient (Wildman–Crippen LogP) is 0.824. The first-order chi connectivity index (χ1) is 9.38. The number of benzene rings is 1. The normalized spacial score (nSPS) is 22.6. The summed E-state index contributed by atoms with van der Waals surface area (Å²) >= 11 is 0. The summed E-state index contributed by atoms with van der Waals surface area (Å²) in [5.74, 6) is -1.43. The summed E-state index contributed by atoms with van der Waals surface area (Å²) in [5, 5.41) is 18.9. The van der Waals surface area contributed by atoms with Crippen LogP contribution in [0.4, 0.5) is 0 Å². The van der Waals surface area contributed by atoms with Crippen LogP contribution in [0.1, 0.15) is 30.1 Å². The van der Waals surface area contributed by atoms with Crippen molar-refractivity contribution in [2.75, 3.05) is 6.54 Å². The van der Waals surface area contributed by atoms with Gasteiger partial charge in [0, 0.05) is 24.2 Å². The molecule has 6 heteroatoms. The van der Waals surface area contributed by atoms with E-state index in [1.165, 1.54) is 12.1 Å². The monoisotopic (exact) mass is 278 g/mol. The summed E-state index contributed by atoms with van der Waals surface area (Å²) < 4.78 is 0. The molecule has 6 nitrogen and oxygen atoms in total. The van der Waals surface area contributed by atoms with Gasteiger partial charge in [-0.3, -0.25) is 9.59 Å². The number of likely N-dealkylation sites (tertiary alicyclic amines) is 1. The molecule has 1 aromatic carbocycles. The second-order valence-electron chi connectivity index (χ2n) is 5.22. The number of amides is 2. The van der Waals surface area contributed by atoms with Gasteiger partial charge in [0.25, 0.3) is 5.91 Å². The Hall–Kier alpha value is -2.24. The van der Waals surface area contributed by atoms with E-state index in [0.717, 1.165) is 6.07 Å². The quantitative estimate of drug-likeness (QED) is 0.745. The van der Waals surface area contributed by atoms with E-state index in [9.17, 15) is 19.8 Å². The van der Waals surface area contributed by atoms with Crippen LogP contribution in [0, 0.1) is 5.92 Å². The van der Waals surface area contributed by atoms with Crippen molar-refractivity contribution in [1.82, 2.24) is 4.90 Å². The molecule has 1 aliphatic rings. The number of aromatic hydroxyl groups is 2. The van der Waals surface area contributed by atoms with E-state index in [-0.39, 0.29) is 41.5 Å². The van der Waals surface area contributed by atoms with Gasteiger partial charge in [-0.2, -0.15) is 0 Å². The fourth-order valence-corrected chi connectivity index (χ4v) is 2.51. The van der Waals surface area contributed by atoms with Gasteiger partial charge in [-0.05, 0) is 31.9 Å². The Morgan fingerprint density at radius 1 is 1.20 bits per heavy atom. The van der Waals surface area contributed by atoms with Crippen molar-refractivity contribution in [1.29, 1.82) is 0 Å². The van der Waals surface area contributed by atoms with Gasteiger partial charge < -0.3 is 20.8 Å². The van der Waals surface area contributed by atoms with Crippen LogP contribution < -0.4 is 5.73 Å². The Morgan fingerprint density at radius 2 is 1.80 bits per heavy atom. The number of rotatable bonds is 2. The molecule has 1 fully saturated rings. The predicted molar refractivity (Wildman–Crippen MR) is 72.2 cm³/mol. The van der Waals surface area contributed by atoms with Gasteiger partial charge >= 0.3 is 0 Å². The number of nitrogens with two attached hydrogens (primary N) is 1. The standard InChI is InChI=1S/C14H18N2O4/c1-8-2-3-9(13(15)19)7-16(8)14(20)10-4-11(17)6-12(18)5-10/h4-6,8-9,17-18H,2-3,7H2,1H3,(H2,15,19). The third kappa shape index (κ3) is 2.84. The van der Waals surface area contributed by atoms with Crippen LogP contribution in [-0.2, 0) is 4.79 Å². The fraction of sp³-hybridized carbons (Fsp3) is 0.429. The lowest BCUT2D eigenvalue weighted by Gasteiger charge is -2.37. The minimum absolute atomic E-state index is 0.0115. The number of piperidine rings is 1. The number of phenols is 2. The number of hydrogen-bond acceptors (Lipinski definition) is 4. The summed E-state index contributed by atoms with van der Waals surface area (Å²) in [4.78, 5) is 25.3. The number of hydrogen-bond donors (Lipinski definition) is 3. The third-order valence-corrected chi connectivity index (χ3v) is 3.69. The van der Waals surface area contributed by atoms with Gasteiger partial charge in [0.1, 0.15) is 11.5 Å². The van der Waals surface area contributed by atoms with E-state index in [0.29, 0.717) is 12.8 Å². The fourth-order valence-electron chi connectivity index (χ4n) is 2.51. The van der Waals surface area contributed by atoms with Crippen molar-refractivity contribution in [2.45, 2.75) is 25.8 Å². The zero-order valence-electron chi connectivity index (χ0n) is 11.2. The maximum atomic E-state index is 12.4. The first-order valence-electron chi connectivity index (χ1n) is 6.51. The highest BCUT2D eigenvalue weighted by Gasteiger charge is 2.32. The van der Waals surface area contributed by atoms with Crippen molar-refractivity contribution in [3.8, 4) is 11.5 Å². The molecule has 2 unspecified atom stereocenters. The maximum absolute atomic E-state index is 12.4. The van der Waals surface area contributed by atoms with Crippen LogP contribution in [-0.4, -0.2) is 39.5 Å². The van der Waals surface area contributed by atoms with Crippen LogP contribution in [0.2, 0.25) is 0 Å². The first kappa shape index (κ1) is 14.2. The molecule has 1 saturated heterocycles. The van der Waals surface area contributed by atoms with Crippen LogP contribution in [0.25, 0.3) is 0 Å². The average Bonchev–Trinajstić information content (AvgIpc) is 2.37. The second kappa shape index (κ2) is 5.40. The molecule has 1 aromatic rings. The van der Waals surface area contributed by atoms with Gasteiger partial charge in [-0.1, -0.05) is 0 Å². The molecule has 0 bridgehead atoms. The number of phenolic OH excluding ortho intramolecular Hbond substituents is 2. The lowest BCUT2D eigenvalue weighted by Crippen LogP contribution is -2.48. The molecule has 20 heavy (non-hydrogen) atoms. The average molecular weight is 278 g/mol. The zero-order valence-corrected chi connectivity index (χ0v) is 11.2. The summed E-state index contributed by atoms with van der Waals surface area (Å²) in [7, 11) is 0. The van der Waals surface area contributed by atoms with Crippen LogP contribution in [0.5, 0.6) is 11.5 Å². The van der Waals surface area contributed by atoms with E-state index >= 15 is 0 Å². The van der Waals surface area contributed by atoms with Gasteiger partial charge in [-0.25, -0.2) is 0 Å². The van der Waals surface area contributed by atoms with Crippen LogP contribution in [0.15, 0.2) is 18.2 Å². The van der Waals surface area contributed by atoms with E-state index in [1.54, 1.807) is 4.90 Å². The lowest BCUT2D eigenvalue weighted by molar-refractivity contribution is -0.123. The Kier molecular flexibility index (Phi) is 3.83. The summed E-state index contributed by atoms with van der Waals surface area (Å²) in [5.41, 5.74) is 5.50. The van der Waals surface area contributed by atoms with E-state index in [4.69, 9.17) is 5.73 Å². The SMILES string of the molecule is CC1CCC(C(N)=O)CN1C(=O)c1cc(O)cc(O)c1. The molecule has 1 aliphatic heterocycles. The minimum Gasteiger partial charge on any atom is -0.508 e. The van der Waals surface area contributed by atoms with Crippen molar-refractivity contribution in [2.24, 2.45) is 11.7 Å². The summed E-state index contributed by atoms with van der Waals surface area (Å²) in [6, 6.07) is 3.73. The molecule has 2 rings (SSSR count). The highest BCUT2D eigenvalue weighted by molar-refractivity contribution is 5.95. The van der Waals surface area contributed by atoms with Crippen molar-refractivity contribution >= 4 is 11.8 Å². The Bertz CT molecular complexity index is 524. The van der Waals surface area contributed by atoms with Crippen molar-refractivity contribution in [3.63, 3.8) is 0 Å². The second-order valence-corrected chi connectivity index (χ2v) is 5.22. The largest absolute Gasteiger partial charge is 0.508 e. The molecule has 0 aromatic heterocycles. The highest BCUT2D eigenvalue weighted by Crippen LogP contribution is 2.26. The number of nitrogens with zero attached hydrogens (tertiary/aromatic N) is 1. The Balaban J connectivity index is 2.24. The Labute approximate surface area is 116 Å². The van der Waals surface area contributed by atoms with Gasteiger partial charge in [0.15, 0.2) is 0 Å². The van der Waals surface area contributed by atoms with Crippen molar-refractivity contribution < 1.29 is 19.8 Å². The molecule has 108 valence electrons. The molecule has 0 spiro atoms. The Morgan fingerprint density at radius 3 is 2.35 bits per heavy atom.